The predicted molar refractivity (Wildman–Crippen MR) is 78.8 cm³/mol. The number of hydrogen-bond acceptors (Lipinski definition) is 3. The summed E-state index contributed by atoms with van der Waals surface area (Å²) in [6.07, 6.45) is 0. The SMILES string of the molecule is Oc1c(Cl)c(Cl)c(N=Nc2ccccc2)c(Cl)c1Cl. The molecule has 7 heteroatoms. The van der Waals surface area contributed by atoms with E-state index in [1.54, 1.807) is 12.1 Å². The summed E-state index contributed by atoms with van der Waals surface area (Å²) in [5.41, 5.74) is 0.731. The van der Waals surface area contributed by atoms with Gasteiger partial charge in [-0.25, -0.2) is 0 Å². The lowest BCUT2D eigenvalue weighted by molar-refractivity contribution is 0.476. The van der Waals surface area contributed by atoms with Gasteiger partial charge in [0.05, 0.1) is 15.7 Å². The van der Waals surface area contributed by atoms with Crippen LogP contribution in [0.5, 0.6) is 5.75 Å². The number of halogens is 4. The van der Waals surface area contributed by atoms with Crippen molar-refractivity contribution < 1.29 is 5.11 Å². The molecular weight excluding hydrogens is 330 g/mol. The van der Waals surface area contributed by atoms with Crippen molar-refractivity contribution in [2.24, 2.45) is 10.2 Å². The third-order valence-corrected chi connectivity index (χ3v) is 3.90. The molecule has 0 atom stereocenters. The number of phenolic OH excluding ortho intramolecular Hbond substituents is 1. The number of nitrogens with zero attached hydrogens (tertiary/aromatic N) is 2. The average molecular weight is 336 g/mol. The van der Waals surface area contributed by atoms with Crippen molar-refractivity contribution in [2.45, 2.75) is 0 Å². The standard InChI is InChI=1S/C12H6Cl4N2O/c13-7-9(15)12(19)10(16)8(14)11(7)18-17-6-4-2-1-3-5-6/h1-5,19H. The van der Waals surface area contributed by atoms with E-state index in [2.05, 4.69) is 10.2 Å². The number of benzene rings is 2. The van der Waals surface area contributed by atoms with Crippen molar-refractivity contribution in [1.29, 1.82) is 0 Å². The molecule has 0 aliphatic heterocycles. The zero-order valence-electron chi connectivity index (χ0n) is 9.24. The third kappa shape index (κ3) is 2.95. The second-order valence-corrected chi connectivity index (χ2v) is 5.00. The number of aromatic hydroxyl groups is 1. The van der Waals surface area contributed by atoms with E-state index < -0.39 is 0 Å². The molecule has 0 aliphatic carbocycles. The van der Waals surface area contributed by atoms with Gasteiger partial charge in [-0.1, -0.05) is 64.6 Å². The zero-order chi connectivity index (χ0) is 14.0. The lowest BCUT2D eigenvalue weighted by Gasteiger charge is -2.07. The zero-order valence-corrected chi connectivity index (χ0v) is 12.3. The Balaban J connectivity index is 2.50. The average Bonchev–Trinajstić information content (AvgIpc) is 2.44. The maximum absolute atomic E-state index is 9.57. The largest absolute Gasteiger partial charge is 0.505 e. The Kier molecular flexibility index (Phi) is 4.53. The molecule has 0 saturated heterocycles. The molecule has 0 aromatic heterocycles. The molecule has 3 nitrogen and oxygen atoms in total. The van der Waals surface area contributed by atoms with Crippen LogP contribution >= 0.6 is 46.4 Å². The van der Waals surface area contributed by atoms with Crippen LogP contribution < -0.4 is 0 Å². The third-order valence-electron chi connectivity index (χ3n) is 2.24. The molecule has 19 heavy (non-hydrogen) atoms. The van der Waals surface area contributed by atoms with Gasteiger partial charge < -0.3 is 5.11 Å². The first-order valence-corrected chi connectivity index (χ1v) is 6.55. The van der Waals surface area contributed by atoms with Crippen molar-refractivity contribution in [2.75, 3.05) is 0 Å². The molecule has 0 saturated carbocycles. The van der Waals surface area contributed by atoms with Gasteiger partial charge in [0, 0.05) is 0 Å². The number of hydrogen-bond donors (Lipinski definition) is 1. The highest BCUT2D eigenvalue weighted by Gasteiger charge is 2.19. The van der Waals surface area contributed by atoms with Crippen LogP contribution in [-0.4, -0.2) is 5.11 Å². The van der Waals surface area contributed by atoms with E-state index >= 15 is 0 Å². The van der Waals surface area contributed by atoms with E-state index in [-0.39, 0.29) is 31.5 Å². The van der Waals surface area contributed by atoms with Gasteiger partial charge in [0.2, 0.25) is 0 Å². The molecule has 0 radical (unpaired) electrons. The molecule has 98 valence electrons. The van der Waals surface area contributed by atoms with Crippen LogP contribution in [0.2, 0.25) is 20.1 Å². The van der Waals surface area contributed by atoms with Crippen LogP contribution in [0.15, 0.2) is 40.6 Å². The van der Waals surface area contributed by atoms with E-state index in [0.717, 1.165) is 0 Å². The molecule has 0 unspecified atom stereocenters. The molecule has 0 heterocycles. The Morgan fingerprint density at radius 3 is 1.79 bits per heavy atom. The highest BCUT2D eigenvalue weighted by Crippen LogP contribution is 2.49. The van der Waals surface area contributed by atoms with Gasteiger partial charge in [-0.2, -0.15) is 5.11 Å². The molecule has 0 amide bonds. The number of phenols is 1. The van der Waals surface area contributed by atoms with E-state index in [0.29, 0.717) is 5.69 Å². The summed E-state index contributed by atoms with van der Waals surface area (Å²) in [6.45, 7) is 0. The lowest BCUT2D eigenvalue weighted by Crippen LogP contribution is -1.79. The molecule has 0 spiro atoms. The quantitative estimate of drug-likeness (QED) is 0.499. The van der Waals surface area contributed by atoms with Crippen LogP contribution in [0, 0.1) is 0 Å². The molecule has 0 aliphatic rings. The van der Waals surface area contributed by atoms with E-state index in [1.165, 1.54) is 0 Å². The lowest BCUT2D eigenvalue weighted by atomic mass is 10.3. The van der Waals surface area contributed by atoms with Gasteiger partial charge in [-0.3, -0.25) is 0 Å². The van der Waals surface area contributed by atoms with Crippen LogP contribution in [-0.2, 0) is 0 Å². The van der Waals surface area contributed by atoms with Gasteiger partial charge in [0.25, 0.3) is 0 Å². The summed E-state index contributed by atoms with van der Waals surface area (Å²) in [5, 5.41) is 17.2. The summed E-state index contributed by atoms with van der Waals surface area (Å²) in [5.74, 6) is -0.378. The Morgan fingerprint density at radius 1 is 0.737 bits per heavy atom. The molecular formula is C12H6Cl4N2O. The first-order chi connectivity index (χ1) is 9.02. The maximum Gasteiger partial charge on any atom is 0.156 e. The molecule has 2 rings (SSSR count). The summed E-state index contributed by atoms with van der Waals surface area (Å²) >= 11 is 23.5. The van der Waals surface area contributed by atoms with Gasteiger partial charge in [-0.05, 0) is 12.1 Å². The summed E-state index contributed by atoms with van der Waals surface area (Å²) < 4.78 is 0. The van der Waals surface area contributed by atoms with Crippen molar-refractivity contribution in [3.63, 3.8) is 0 Å². The van der Waals surface area contributed by atoms with Crippen LogP contribution in [0.1, 0.15) is 0 Å². The minimum absolute atomic E-state index is 0.00625. The smallest absolute Gasteiger partial charge is 0.156 e. The Bertz CT molecular complexity index is 615. The van der Waals surface area contributed by atoms with E-state index in [4.69, 9.17) is 46.4 Å². The van der Waals surface area contributed by atoms with Gasteiger partial charge in [-0.15, -0.1) is 5.11 Å². The van der Waals surface area contributed by atoms with Crippen molar-refractivity contribution >= 4 is 57.8 Å². The summed E-state index contributed by atoms with van der Waals surface area (Å²) in [6, 6.07) is 9.00. The first kappa shape index (κ1) is 14.4. The predicted octanol–water partition coefficient (Wildman–Crippen LogP) is 6.42. The van der Waals surface area contributed by atoms with E-state index in [1.807, 2.05) is 18.2 Å². The molecule has 2 aromatic rings. The fourth-order valence-corrected chi connectivity index (χ4v) is 2.21. The van der Waals surface area contributed by atoms with Gasteiger partial charge in [0.1, 0.15) is 15.7 Å². The van der Waals surface area contributed by atoms with Gasteiger partial charge >= 0.3 is 0 Å². The molecule has 2 aromatic carbocycles. The normalized spacial score (nSPS) is 11.2. The van der Waals surface area contributed by atoms with Crippen LogP contribution in [0.25, 0.3) is 0 Å². The highest BCUT2D eigenvalue weighted by atomic mass is 35.5. The van der Waals surface area contributed by atoms with Crippen molar-refractivity contribution in [1.82, 2.24) is 0 Å². The summed E-state index contributed by atoms with van der Waals surface area (Å²) in [4.78, 5) is 0. The van der Waals surface area contributed by atoms with Crippen LogP contribution in [0.3, 0.4) is 0 Å². The van der Waals surface area contributed by atoms with Crippen molar-refractivity contribution in [3.8, 4) is 5.75 Å². The second-order valence-electron chi connectivity index (χ2n) is 3.49. The highest BCUT2D eigenvalue weighted by molar-refractivity contribution is 6.51. The Morgan fingerprint density at radius 2 is 1.26 bits per heavy atom. The second kappa shape index (κ2) is 5.97. The minimum atomic E-state index is -0.378. The number of azo groups is 1. The molecule has 1 N–H and O–H groups in total. The first-order valence-electron chi connectivity index (χ1n) is 5.04. The van der Waals surface area contributed by atoms with Crippen molar-refractivity contribution in [3.05, 3.63) is 50.4 Å². The molecule has 0 fully saturated rings. The van der Waals surface area contributed by atoms with Gasteiger partial charge in [0.15, 0.2) is 5.75 Å². The maximum atomic E-state index is 9.57. The van der Waals surface area contributed by atoms with Crippen LogP contribution in [0.4, 0.5) is 11.4 Å². The number of rotatable bonds is 2. The Labute approximate surface area is 129 Å². The fourth-order valence-electron chi connectivity index (χ4n) is 1.30. The topological polar surface area (TPSA) is 45.0 Å². The fraction of sp³-hybridized carbons (Fsp3) is 0. The van der Waals surface area contributed by atoms with E-state index in [9.17, 15) is 5.11 Å². The Hall–Kier alpha value is -1.000. The molecule has 0 bridgehead atoms. The summed E-state index contributed by atoms with van der Waals surface area (Å²) in [7, 11) is 0. The monoisotopic (exact) mass is 334 g/mol. The minimum Gasteiger partial charge on any atom is -0.505 e.